The van der Waals surface area contributed by atoms with Gasteiger partial charge in [-0.1, -0.05) is 301 Å². The van der Waals surface area contributed by atoms with Gasteiger partial charge in [0.05, 0.1) is 26.4 Å². The van der Waals surface area contributed by atoms with Crippen LogP contribution in [0.1, 0.15) is 303 Å². The maximum absolute atomic E-state index is 12.9. The van der Waals surface area contributed by atoms with Gasteiger partial charge >= 0.3 is 33.6 Å². The number of ether oxygens (including phenoxy) is 3. The van der Waals surface area contributed by atoms with Gasteiger partial charge in [-0.05, 0) is 141 Å². The summed E-state index contributed by atoms with van der Waals surface area (Å²) in [5.74, 6) is -1.61. The van der Waals surface area contributed by atoms with E-state index in [9.17, 15) is 43.5 Å². The highest BCUT2D eigenvalue weighted by Gasteiger charge is 2.29. The molecule has 0 aliphatic heterocycles. The van der Waals surface area contributed by atoms with E-state index in [1.165, 1.54) is 51.4 Å². The van der Waals surface area contributed by atoms with Crippen LogP contribution in [0.2, 0.25) is 0 Å². The number of esters is 3. The molecule has 0 aliphatic carbocycles. The fourth-order valence-electron chi connectivity index (χ4n) is 10.2. The Morgan fingerprint density at radius 2 is 0.515 bits per heavy atom. The number of allylic oxidation sites excluding steroid dienone is 26. The van der Waals surface area contributed by atoms with Crippen molar-refractivity contribution in [3.05, 3.63) is 158 Å². The highest BCUT2D eigenvalue weighted by molar-refractivity contribution is 7.47. The van der Waals surface area contributed by atoms with Crippen LogP contribution in [-0.2, 0) is 55.8 Å². The Bertz CT molecular complexity index is 2500. The van der Waals surface area contributed by atoms with Crippen molar-refractivity contribution in [2.75, 3.05) is 39.6 Å². The number of carbonyl (C=O) groups excluding carboxylic acids is 3. The summed E-state index contributed by atoms with van der Waals surface area (Å²) in [6.45, 7) is 2.35. The second-order valence-electron chi connectivity index (χ2n) is 26.1. The van der Waals surface area contributed by atoms with Crippen molar-refractivity contribution in [2.24, 2.45) is 0 Å². The molecule has 0 aromatic carbocycles. The monoisotopic (exact) mass is 1480 g/mol. The number of aliphatic hydroxyl groups is 2. The van der Waals surface area contributed by atoms with Gasteiger partial charge in [-0.3, -0.25) is 32.5 Å². The van der Waals surface area contributed by atoms with Crippen LogP contribution in [0.15, 0.2) is 158 Å². The van der Waals surface area contributed by atoms with Crippen molar-refractivity contribution < 1.29 is 75.8 Å². The fraction of sp³-hybridized carbons (Fsp3) is 0.659. The smallest absolute Gasteiger partial charge is 0.463 e. The Balaban J connectivity index is 4.49. The molecule has 18 heteroatoms. The Labute approximate surface area is 625 Å². The van der Waals surface area contributed by atoms with Crippen LogP contribution in [-0.4, -0.2) is 95.9 Å². The Morgan fingerprint density at radius 3 is 0.816 bits per heavy atom. The first-order chi connectivity index (χ1) is 50.2. The summed E-state index contributed by atoms with van der Waals surface area (Å²) >= 11 is 0. The number of carbonyl (C=O) groups is 3. The second kappa shape index (κ2) is 76.8. The molecule has 0 bridgehead atoms. The van der Waals surface area contributed by atoms with Crippen molar-refractivity contribution in [3.8, 4) is 0 Å². The van der Waals surface area contributed by atoms with Gasteiger partial charge in [-0.2, -0.15) is 0 Å². The van der Waals surface area contributed by atoms with Crippen LogP contribution < -0.4 is 0 Å². The SMILES string of the molecule is CC/C=C\C/C=C\C/C=C\C/C=C\C/C=C\C/C=C\CCCCCCCCCCCCCCC(=O)OCC(O)COP(=O)(O)OCC(O)COP(=O)(O)OCC(COC(=O)CCCCCCCCC/C=C\C/C=C\C/C=C\C/C=C\C/C=C\CC)OC(=O)CCCCCCC/C=C\C/C=C\CCC. The number of hydrogen-bond acceptors (Lipinski definition) is 14. The molecule has 0 amide bonds. The number of phosphoric acid groups is 2. The molecule has 0 heterocycles. The summed E-state index contributed by atoms with van der Waals surface area (Å²) in [5.41, 5.74) is 0. The molecule has 588 valence electrons. The lowest BCUT2D eigenvalue weighted by Crippen LogP contribution is -2.30. The molecule has 0 saturated carbocycles. The third kappa shape index (κ3) is 78.1. The van der Waals surface area contributed by atoms with Crippen LogP contribution in [0.4, 0.5) is 0 Å². The molecule has 0 fully saturated rings. The minimum absolute atomic E-state index is 0.0817. The molecule has 16 nitrogen and oxygen atoms in total. The van der Waals surface area contributed by atoms with Gasteiger partial charge < -0.3 is 34.2 Å². The lowest BCUT2D eigenvalue weighted by molar-refractivity contribution is -0.161. The van der Waals surface area contributed by atoms with Gasteiger partial charge in [0.1, 0.15) is 25.4 Å². The largest absolute Gasteiger partial charge is 0.472 e. The van der Waals surface area contributed by atoms with Crippen LogP contribution in [0.5, 0.6) is 0 Å². The molecular weight excluding hydrogens is 1340 g/mol. The lowest BCUT2D eigenvalue weighted by Gasteiger charge is -2.21. The molecular formula is C85H142O16P2. The maximum Gasteiger partial charge on any atom is 0.472 e. The molecule has 0 aliphatic rings. The minimum atomic E-state index is -4.94. The summed E-state index contributed by atoms with van der Waals surface area (Å²) in [5, 5.41) is 20.6. The zero-order valence-electron chi connectivity index (χ0n) is 64.2. The molecule has 5 atom stereocenters. The number of hydrogen-bond donors (Lipinski definition) is 4. The highest BCUT2D eigenvalue weighted by atomic mass is 31.2. The molecule has 0 saturated heterocycles. The lowest BCUT2D eigenvalue weighted by atomic mass is 10.0. The third-order valence-corrected chi connectivity index (χ3v) is 18.1. The van der Waals surface area contributed by atoms with Crippen molar-refractivity contribution >= 4 is 33.6 Å². The van der Waals surface area contributed by atoms with E-state index in [0.29, 0.717) is 19.3 Å². The van der Waals surface area contributed by atoms with E-state index in [-0.39, 0.29) is 19.3 Å². The molecule has 103 heavy (non-hydrogen) atoms. The van der Waals surface area contributed by atoms with E-state index in [0.717, 1.165) is 193 Å². The predicted molar refractivity (Wildman–Crippen MR) is 426 cm³/mol. The summed E-state index contributed by atoms with van der Waals surface area (Å²) in [7, 11) is -9.80. The van der Waals surface area contributed by atoms with E-state index in [2.05, 4.69) is 179 Å². The van der Waals surface area contributed by atoms with Crippen LogP contribution in [0, 0.1) is 0 Å². The van der Waals surface area contributed by atoms with Crippen molar-refractivity contribution in [1.29, 1.82) is 0 Å². The molecule has 4 N–H and O–H groups in total. The van der Waals surface area contributed by atoms with Gasteiger partial charge in [0, 0.05) is 19.3 Å². The van der Waals surface area contributed by atoms with Gasteiger partial charge in [-0.15, -0.1) is 0 Å². The van der Waals surface area contributed by atoms with E-state index in [1.807, 2.05) is 0 Å². The quantitative estimate of drug-likeness (QED) is 0.0146. The van der Waals surface area contributed by atoms with Gasteiger partial charge in [0.25, 0.3) is 0 Å². The van der Waals surface area contributed by atoms with Gasteiger partial charge in [-0.25, -0.2) is 9.13 Å². The molecule has 0 rings (SSSR count). The Hall–Kier alpha value is -4.83. The van der Waals surface area contributed by atoms with E-state index < -0.39 is 91.5 Å². The first kappa shape index (κ1) is 98.2. The normalized spacial score (nSPS) is 14.8. The third-order valence-electron chi connectivity index (χ3n) is 16.2. The van der Waals surface area contributed by atoms with Crippen LogP contribution in [0.3, 0.4) is 0 Å². The zero-order valence-corrected chi connectivity index (χ0v) is 66.0. The van der Waals surface area contributed by atoms with Crippen molar-refractivity contribution in [1.82, 2.24) is 0 Å². The second-order valence-corrected chi connectivity index (χ2v) is 29.0. The van der Waals surface area contributed by atoms with E-state index >= 15 is 0 Å². The van der Waals surface area contributed by atoms with E-state index in [4.69, 9.17) is 32.3 Å². The molecule has 0 spiro atoms. The molecule has 0 aromatic rings. The first-order valence-corrected chi connectivity index (χ1v) is 42.8. The number of unbranched alkanes of at least 4 members (excludes halogenated alkanes) is 25. The summed E-state index contributed by atoms with van der Waals surface area (Å²) < 4.78 is 61.1. The maximum atomic E-state index is 12.9. The number of aliphatic hydroxyl groups excluding tert-OH is 2. The van der Waals surface area contributed by atoms with Crippen molar-refractivity contribution in [3.63, 3.8) is 0 Å². The summed E-state index contributed by atoms with van der Waals surface area (Å²) in [4.78, 5) is 58.6. The zero-order chi connectivity index (χ0) is 75.2. The number of phosphoric ester groups is 2. The summed E-state index contributed by atoms with van der Waals surface area (Å²) in [6.07, 6.45) is 95.8. The fourth-order valence-corrected chi connectivity index (χ4v) is 11.8. The van der Waals surface area contributed by atoms with Crippen LogP contribution in [0.25, 0.3) is 0 Å². The van der Waals surface area contributed by atoms with E-state index in [1.54, 1.807) is 0 Å². The summed E-state index contributed by atoms with van der Waals surface area (Å²) in [6, 6.07) is 0. The first-order valence-electron chi connectivity index (χ1n) is 39.8. The molecule has 5 unspecified atom stereocenters. The molecule has 0 radical (unpaired) electrons. The Morgan fingerprint density at radius 1 is 0.282 bits per heavy atom. The Kier molecular flexibility index (Phi) is 73.2. The number of rotatable bonds is 74. The standard InChI is InChI=1S/C85H142O16P2/c1-4-7-10-13-16-19-22-25-27-29-31-33-35-36-37-38-39-40-41-42-44-46-47-49-51-54-56-59-62-65-68-71-83(88)95-74-80(86)75-97-102(91,92)98-76-81(87)77-99-103(93,94)100-79-82(101-85(90)73-70-67-64-61-58-53-24-21-18-15-12-9-6-3)78-96-84(89)72-69-66-63-60-57-55-52-50-48-45-43-34-32-30-28-26-23-20-17-14-11-8-5-2/h7-8,10-12,15-17,19-21,24-28,31-34,36-37,39-40,45,48,80-82,86-87H,4-6,9,13-14,18,22-23,29-30,35,38,41-44,46-47,49-79H2,1-3H3,(H,91,92)(H,93,94)/b10-7-,11-8-,15-12-,19-16-,20-17-,24-21-,27-25-,28-26-,33-31-,34-32-,37-36-,40-39-,48-45-. The topological polar surface area (TPSA) is 231 Å². The van der Waals surface area contributed by atoms with Crippen LogP contribution >= 0.6 is 15.6 Å². The average molecular weight is 1480 g/mol. The highest BCUT2D eigenvalue weighted by Crippen LogP contribution is 2.45. The van der Waals surface area contributed by atoms with Gasteiger partial charge in [0.15, 0.2) is 6.10 Å². The van der Waals surface area contributed by atoms with Gasteiger partial charge in [0.2, 0.25) is 0 Å². The average Bonchev–Trinajstić information content (AvgIpc) is 0.914. The van der Waals surface area contributed by atoms with Crippen molar-refractivity contribution in [2.45, 2.75) is 322 Å². The predicted octanol–water partition coefficient (Wildman–Crippen LogP) is 23.4. The minimum Gasteiger partial charge on any atom is -0.463 e. The molecule has 0 aromatic heterocycles.